The lowest BCUT2D eigenvalue weighted by atomic mass is 10.1. The second-order valence-electron chi connectivity index (χ2n) is 7.34. The lowest BCUT2D eigenvalue weighted by Gasteiger charge is -2.13. The van der Waals surface area contributed by atoms with Gasteiger partial charge in [-0.1, -0.05) is 23.8 Å². The van der Waals surface area contributed by atoms with Gasteiger partial charge in [0.1, 0.15) is 0 Å². The van der Waals surface area contributed by atoms with Crippen LogP contribution >= 0.6 is 0 Å². The molecule has 3 aromatic carbocycles. The molecular formula is C26H28N2O5. The molecule has 0 spiro atoms. The van der Waals surface area contributed by atoms with Crippen molar-refractivity contribution < 1.29 is 23.8 Å². The van der Waals surface area contributed by atoms with Crippen molar-refractivity contribution in [2.75, 3.05) is 31.0 Å². The second kappa shape index (κ2) is 11.6. The number of hydrogen-bond acceptors (Lipinski definition) is 6. The Morgan fingerprint density at radius 1 is 0.879 bits per heavy atom. The van der Waals surface area contributed by atoms with Crippen LogP contribution in [0.4, 0.5) is 11.4 Å². The monoisotopic (exact) mass is 448 g/mol. The predicted molar refractivity (Wildman–Crippen MR) is 128 cm³/mol. The quantitative estimate of drug-likeness (QED) is 0.433. The summed E-state index contributed by atoms with van der Waals surface area (Å²) in [6.07, 6.45) is 0. The van der Waals surface area contributed by atoms with E-state index in [-0.39, 0.29) is 18.5 Å². The molecule has 0 unspecified atom stereocenters. The third-order valence-corrected chi connectivity index (χ3v) is 4.81. The van der Waals surface area contributed by atoms with Crippen LogP contribution in [0, 0.1) is 6.92 Å². The SMILES string of the molecule is CCOC(=O)c1ccc(NCc2ccc(OCC(=O)Nc3ccc(C)cc3)c(OC)c2)cc1. The molecule has 7 heteroatoms. The molecule has 0 aliphatic carbocycles. The van der Waals surface area contributed by atoms with Gasteiger partial charge in [0, 0.05) is 17.9 Å². The van der Waals surface area contributed by atoms with Crippen LogP contribution in [-0.4, -0.2) is 32.2 Å². The average Bonchev–Trinajstić information content (AvgIpc) is 2.83. The van der Waals surface area contributed by atoms with Crippen LogP contribution < -0.4 is 20.1 Å². The number of hydrogen-bond donors (Lipinski definition) is 2. The molecular weight excluding hydrogens is 420 g/mol. The van der Waals surface area contributed by atoms with Gasteiger partial charge in [0.25, 0.3) is 5.91 Å². The zero-order valence-corrected chi connectivity index (χ0v) is 19.0. The zero-order valence-electron chi connectivity index (χ0n) is 19.0. The molecule has 2 N–H and O–H groups in total. The summed E-state index contributed by atoms with van der Waals surface area (Å²) in [6, 6.07) is 20.2. The van der Waals surface area contributed by atoms with Crippen LogP contribution in [0.15, 0.2) is 66.7 Å². The topological polar surface area (TPSA) is 85.9 Å². The Kier molecular flexibility index (Phi) is 8.30. The van der Waals surface area contributed by atoms with Gasteiger partial charge in [0.05, 0.1) is 19.3 Å². The lowest BCUT2D eigenvalue weighted by Crippen LogP contribution is -2.20. The summed E-state index contributed by atoms with van der Waals surface area (Å²) in [5.74, 6) is 0.434. The average molecular weight is 449 g/mol. The van der Waals surface area contributed by atoms with E-state index in [1.165, 1.54) is 0 Å². The fraction of sp³-hybridized carbons (Fsp3) is 0.231. The van der Waals surface area contributed by atoms with Crippen molar-refractivity contribution in [1.82, 2.24) is 0 Å². The number of anilines is 2. The van der Waals surface area contributed by atoms with Gasteiger partial charge in [-0.15, -0.1) is 0 Å². The van der Waals surface area contributed by atoms with Gasteiger partial charge in [-0.2, -0.15) is 0 Å². The van der Waals surface area contributed by atoms with Crippen molar-refractivity contribution in [3.05, 3.63) is 83.4 Å². The number of rotatable bonds is 10. The first-order chi connectivity index (χ1) is 16.0. The first-order valence-corrected chi connectivity index (χ1v) is 10.7. The Bertz CT molecular complexity index is 1080. The number of methoxy groups -OCH3 is 1. The van der Waals surface area contributed by atoms with E-state index in [0.717, 1.165) is 22.5 Å². The number of amides is 1. The molecule has 0 heterocycles. The van der Waals surface area contributed by atoms with E-state index >= 15 is 0 Å². The number of nitrogens with one attached hydrogen (secondary N) is 2. The highest BCUT2D eigenvalue weighted by molar-refractivity contribution is 5.92. The molecule has 0 atom stereocenters. The number of benzene rings is 3. The van der Waals surface area contributed by atoms with E-state index in [1.54, 1.807) is 32.2 Å². The van der Waals surface area contributed by atoms with Gasteiger partial charge in [-0.25, -0.2) is 4.79 Å². The molecule has 0 saturated heterocycles. The van der Waals surface area contributed by atoms with Crippen LogP contribution in [0.5, 0.6) is 11.5 Å². The Balaban J connectivity index is 1.54. The van der Waals surface area contributed by atoms with Crippen molar-refractivity contribution in [3.8, 4) is 11.5 Å². The summed E-state index contributed by atoms with van der Waals surface area (Å²) < 4.78 is 16.1. The van der Waals surface area contributed by atoms with Crippen molar-refractivity contribution in [1.29, 1.82) is 0 Å². The van der Waals surface area contributed by atoms with Crippen LogP contribution in [0.3, 0.4) is 0 Å². The van der Waals surface area contributed by atoms with Gasteiger partial charge >= 0.3 is 5.97 Å². The van der Waals surface area contributed by atoms with E-state index in [2.05, 4.69) is 10.6 Å². The van der Waals surface area contributed by atoms with Gasteiger partial charge in [0.2, 0.25) is 0 Å². The third-order valence-electron chi connectivity index (χ3n) is 4.81. The Morgan fingerprint density at radius 3 is 2.24 bits per heavy atom. The highest BCUT2D eigenvalue weighted by Crippen LogP contribution is 2.28. The zero-order chi connectivity index (χ0) is 23.6. The first-order valence-electron chi connectivity index (χ1n) is 10.7. The highest BCUT2D eigenvalue weighted by Gasteiger charge is 2.10. The van der Waals surface area contributed by atoms with Crippen molar-refractivity contribution >= 4 is 23.3 Å². The molecule has 3 aromatic rings. The standard InChI is InChI=1S/C26H28N2O5/c1-4-32-26(30)20-8-12-21(13-9-20)27-16-19-7-14-23(24(15-19)31-3)33-17-25(29)28-22-10-5-18(2)6-11-22/h5-15,27H,4,16-17H2,1-3H3,(H,28,29). The number of carbonyl (C=O) groups excluding carboxylic acids is 2. The maximum Gasteiger partial charge on any atom is 0.338 e. The number of ether oxygens (including phenoxy) is 3. The van der Waals surface area contributed by atoms with E-state index in [0.29, 0.717) is 30.2 Å². The number of esters is 1. The smallest absolute Gasteiger partial charge is 0.338 e. The van der Waals surface area contributed by atoms with Crippen LogP contribution in [-0.2, 0) is 16.1 Å². The van der Waals surface area contributed by atoms with Gasteiger partial charge < -0.3 is 24.8 Å². The van der Waals surface area contributed by atoms with Crippen LogP contribution in [0.25, 0.3) is 0 Å². The van der Waals surface area contributed by atoms with E-state index in [9.17, 15) is 9.59 Å². The minimum Gasteiger partial charge on any atom is -0.493 e. The Morgan fingerprint density at radius 2 is 1.58 bits per heavy atom. The normalized spacial score (nSPS) is 10.3. The summed E-state index contributed by atoms with van der Waals surface area (Å²) in [4.78, 5) is 23.9. The summed E-state index contributed by atoms with van der Waals surface area (Å²) in [5.41, 5.74) is 4.19. The Hall–Kier alpha value is -4.00. The number of aryl methyl sites for hydroxylation is 1. The summed E-state index contributed by atoms with van der Waals surface area (Å²) in [6.45, 7) is 4.52. The summed E-state index contributed by atoms with van der Waals surface area (Å²) in [5, 5.41) is 6.10. The maximum absolute atomic E-state index is 12.2. The predicted octanol–water partition coefficient (Wildman–Crippen LogP) is 4.81. The molecule has 172 valence electrons. The van der Waals surface area contributed by atoms with Gasteiger partial charge in [-0.3, -0.25) is 4.79 Å². The lowest BCUT2D eigenvalue weighted by molar-refractivity contribution is -0.118. The molecule has 0 radical (unpaired) electrons. The fourth-order valence-corrected chi connectivity index (χ4v) is 3.06. The molecule has 1 amide bonds. The maximum atomic E-state index is 12.2. The van der Waals surface area contributed by atoms with Gasteiger partial charge in [0.15, 0.2) is 18.1 Å². The minimum absolute atomic E-state index is 0.130. The van der Waals surface area contributed by atoms with Crippen LogP contribution in [0.1, 0.15) is 28.4 Å². The summed E-state index contributed by atoms with van der Waals surface area (Å²) in [7, 11) is 1.56. The number of carbonyl (C=O) groups is 2. The summed E-state index contributed by atoms with van der Waals surface area (Å²) >= 11 is 0. The molecule has 0 fully saturated rings. The molecule has 0 aliphatic heterocycles. The fourth-order valence-electron chi connectivity index (χ4n) is 3.06. The van der Waals surface area contributed by atoms with Crippen molar-refractivity contribution in [2.45, 2.75) is 20.4 Å². The first kappa shape index (κ1) is 23.7. The Labute approximate surface area is 193 Å². The van der Waals surface area contributed by atoms with E-state index < -0.39 is 0 Å². The van der Waals surface area contributed by atoms with Gasteiger partial charge in [-0.05, 0) is 67.9 Å². The minimum atomic E-state index is -0.336. The van der Waals surface area contributed by atoms with E-state index in [4.69, 9.17) is 14.2 Å². The molecule has 0 bridgehead atoms. The second-order valence-corrected chi connectivity index (χ2v) is 7.34. The molecule has 0 saturated carbocycles. The molecule has 0 aliphatic rings. The molecule has 33 heavy (non-hydrogen) atoms. The van der Waals surface area contributed by atoms with E-state index in [1.807, 2.05) is 55.5 Å². The molecule has 3 rings (SSSR count). The third kappa shape index (κ3) is 7.00. The molecule has 0 aromatic heterocycles. The highest BCUT2D eigenvalue weighted by atomic mass is 16.5. The van der Waals surface area contributed by atoms with Crippen molar-refractivity contribution in [2.24, 2.45) is 0 Å². The van der Waals surface area contributed by atoms with Crippen LogP contribution in [0.2, 0.25) is 0 Å². The largest absolute Gasteiger partial charge is 0.493 e. The molecule has 7 nitrogen and oxygen atoms in total. The van der Waals surface area contributed by atoms with Crippen molar-refractivity contribution in [3.63, 3.8) is 0 Å².